The minimum atomic E-state index is -0.654. The van der Waals surface area contributed by atoms with Crippen molar-refractivity contribution >= 4 is 17.9 Å². The van der Waals surface area contributed by atoms with Crippen molar-refractivity contribution in [3.05, 3.63) is 29.3 Å². The number of primary amides is 1. The molecule has 0 spiro atoms. The molecule has 1 heterocycles. The average molecular weight is 302 g/mol. The van der Waals surface area contributed by atoms with Gasteiger partial charge in [-0.15, -0.1) is 0 Å². The molecule has 2 rings (SSSR count). The minimum Gasteiger partial charge on any atom is -0.366 e. The van der Waals surface area contributed by atoms with Crippen LogP contribution in [0.4, 0.5) is 10.5 Å². The first-order valence-electron chi connectivity index (χ1n) is 7.85. The third-order valence-electron chi connectivity index (χ3n) is 4.25. The number of hydrazone groups is 1. The number of anilines is 1. The lowest BCUT2D eigenvalue weighted by Crippen LogP contribution is -2.48. The summed E-state index contributed by atoms with van der Waals surface area (Å²) in [4.78, 5) is 13.2. The molecule has 0 aliphatic carbocycles. The summed E-state index contributed by atoms with van der Waals surface area (Å²) in [5, 5.41) is 3.84. The van der Waals surface area contributed by atoms with Crippen molar-refractivity contribution in [1.29, 1.82) is 0 Å². The normalized spacial score (nSPS) is 20.0. The number of urea groups is 1. The predicted molar refractivity (Wildman–Crippen MR) is 91.5 cm³/mol. The van der Waals surface area contributed by atoms with Gasteiger partial charge in [-0.3, -0.25) is 0 Å². The lowest BCUT2D eigenvalue weighted by atomic mass is 9.79. The molecule has 1 atom stereocenters. The van der Waals surface area contributed by atoms with Crippen molar-refractivity contribution < 1.29 is 4.79 Å². The molecule has 0 fully saturated rings. The van der Waals surface area contributed by atoms with Gasteiger partial charge in [0.25, 0.3) is 0 Å². The van der Waals surface area contributed by atoms with Gasteiger partial charge in [0.2, 0.25) is 0 Å². The molecule has 5 nitrogen and oxygen atoms in total. The van der Waals surface area contributed by atoms with Crippen LogP contribution in [0.5, 0.6) is 0 Å². The molecule has 1 aliphatic heterocycles. The molecule has 0 saturated carbocycles. The standard InChI is InChI=1S/C17H26N4O/c1-5-8-21-15-7-6-13(11-19-20-16(18)22)9-14(15)12(2)10-17(21,3)4/h6-7,9,11-12H,5,8,10H2,1-4H3,(H3,18,20,22)/b19-11-. The first kappa shape index (κ1) is 16.3. The van der Waals surface area contributed by atoms with E-state index in [2.05, 4.69) is 55.3 Å². The van der Waals surface area contributed by atoms with Crippen molar-refractivity contribution in [2.24, 2.45) is 10.8 Å². The number of nitrogens with one attached hydrogen (secondary N) is 1. The van der Waals surface area contributed by atoms with Crippen LogP contribution in [0.15, 0.2) is 23.3 Å². The zero-order chi connectivity index (χ0) is 16.3. The predicted octanol–water partition coefficient (Wildman–Crippen LogP) is 3.19. The molecule has 1 aliphatic rings. The van der Waals surface area contributed by atoms with E-state index in [1.54, 1.807) is 6.21 Å². The Morgan fingerprint density at radius 2 is 2.27 bits per heavy atom. The molecule has 0 radical (unpaired) electrons. The van der Waals surface area contributed by atoms with E-state index in [1.807, 2.05) is 6.07 Å². The van der Waals surface area contributed by atoms with Gasteiger partial charge in [-0.05, 0) is 55.9 Å². The molecule has 120 valence electrons. The van der Waals surface area contributed by atoms with Crippen LogP contribution in [-0.4, -0.2) is 24.3 Å². The van der Waals surface area contributed by atoms with Gasteiger partial charge in [-0.1, -0.05) is 19.9 Å². The zero-order valence-electron chi connectivity index (χ0n) is 13.9. The van der Waals surface area contributed by atoms with Crippen molar-refractivity contribution in [1.82, 2.24) is 5.43 Å². The van der Waals surface area contributed by atoms with Gasteiger partial charge < -0.3 is 10.6 Å². The molecular weight excluding hydrogens is 276 g/mol. The Bertz CT molecular complexity index is 580. The maximum Gasteiger partial charge on any atom is 0.332 e. The smallest absolute Gasteiger partial charge is 0.332 e. The molecule has 3 N–H and O–H groups in total. The van der Waals surface area contributed by atoms with Crippen LogP contribution in [0.1, 0.15) is 57.6 Å². The Hall–Kier alpha value is -2.04. The van der Waals surface area contributed by atoms with E-state index in [1.165, 1.54) is 11.3 Å². The summed E-state index contributed by atoms with van der Waals surface area (Å²) in [6, 6.07) is 5.69. The SMILES string of the molecule is CCCN1c2ccc(/C=N\NC(N)=O)cc2C(C)CC1(C)C. The average Bonchev–Trinajstić information content (AvgIpc) is 2.43. The highest BCUT2D eigenvalue weighted by Crippen LogP contribution is 2.43. The molecule has 0 bridgehead atoms. The molecule has 1 aromatic carbocycles. The van der Waals surface area contributed by atoms with E-state index in [0.717, 1.165) is 24.9 Å². The van der Waals surface area contributed by atoms with Gasteiger partial charge in [0.05, 0.1) is 6.21 Å². The topological polar surface area (TPSA) is 70.7 Å². The fourth-order valence-corrected chi connectivity index (χ4v) is 3.41. The summed E-state index contributed by atoms with van der Waals surface area (Å²) in [5.74, 6) is 0.496. The van der Waals surface area contributed by atoms with Gasteiger partial charge in [0.1, 0.15) is 0 Å². The second-order valence-electron chi connectivity index (χ2n) is 6.62. The second-order valence-corrected chi connectivity index (χ2v) is 6.62. The lowest BCUT2D eigenvalue weighted by Gasteiger charge is -2.47. The van der Waals surface area contributed by atoms with Crippen LogP contribution in [-0.2, 0) is 0 Å². The van der Waals surface area contributed by atoms with E-state index >= 15 is 0 Å². The number of fused-ring (bicyclic) bond motifs is 1. The first-order chi connectivity index (χ1) is 10.3. The number of nitrogens with two attached hydrogens (primary N) is 1. The van der Waals surface area contributed by atoms with Crippen molar-refractivity contribution in [3.63, 3.8) is 0 Å². The monoisotopic (exact) mass is 302 g/mol. The number of carbonyl (C=O) groups excluding carboxylic acids is 1. The van der Waals surface area contributed by atoms with Gasteiger partial charge in [-0.25, -0.2) is 10.2 Å². The number of hydrogen-bond donors (Lipinski definition) is 2. The number of nitrogens with zero attached hydrogens (tertiary/aromatic N) is 2. The van der Waals surface area contributed by atoms with E-state index in [0.29, 0.717) is 5.92 Å². The summed E-state index contributed by atoms with van der Waals surface area (Å²) in [6.07, 6.45) is 3.88. The summed E-state index contributed by atoms with van der Waals surface area (Å²) >= 11 is 0. The third kappa shape index (κ3) is 3.40. The van der Waals surface area contributed by atoms with Gasteiger partial charge in [0.15, 0.2) is 0 Å². The van der Waals surface area contributed by atoms with Crippen LogP contribution in [0, 0.1) is 0 Å². The number of benzene rings is 1. The maximum atomic E-state index is 10.7. The lowest BCUT2D eigenvalue weighted by molar-refractivity contribution is 0.249. The van der Waals surface area contributed by atoms with Crippen LogP contribution >= 0.6 is 0 Å². The number of rotatable bonds is 4. The highest BCUT2D eigenvalue weighted by Gasteiger charge is 2.35. The molecule has 22 heavy (non-hydrogen) atoms. The quantitative estimate of drug-likeness (QED) is 0.662. The minimum absolute atomic E-state index is 0.172. The Labute approximate surface area is 132 Å². The van der Waals surface area contributed by atoms with E-state index in [4.69, 9.17) is 5.73 Å². The summed E-state index contributed by atoms with van der Waals surface area (Å²) in [7, 11) is 0. The molecule has 0 saturated heterocycles. The highest BCUT2D eigenvalue weighted by atomic mass is 16.2. The van der Waals surface area contributed by atoms with Gasteiger partial charge in [-0.2, -0.15) is 5.10 Å². The largest absolute Gasteiger partial charge is 0.366 e. The van der Waals surface area contributed by atoms with Crippen molar-refractivity contribution in [2.75, 3.05) is 11.4 Å². The molecule has 1 aromatic rings. The van der Waals surface area contributed by atoms with Crippen LogP contribution in [0.2, 0.25) is 0 Å². The highest BCUT2D eigenvalue weighted by molar-refractivity contribution is 5.83. The van der Waals surface area contributed by atoms with E-state index < -0.39 is 6.03 Å². The maximum absolute atomic E-state index is 10.7. The van der Waals surface area contributed by atoms with Crippen LogP contribution < -0.4 is 16.1 Å². The summed E-state index contributed by atoms with van der Waals surface area (Å²) < 4.78 is 0. The molecule has 0 aromatic heterocycles. The van der Waals surface area contributed by atoms with Crippen molar-refractivity contribution in [3.8, 4) is 0 Å². The molecule has 5 heteroatoms. The Morgan fingerprint density at radius 3 is 2.91 bits per heavy atom. The zero-order valence-corrected chi connectivity index (χ0v) is 13.9. The molecular formula is C17H26N4O. The summed E-state index contributed by atoms with van der Waals surface area (Å²) in [5.41, 5.74) is 11.0. The Morgan fingerprint density at radius 1 is 1.55 bits per heavy atom. The number of carbonyl (C=O) groups is 1. The summed E-state index contributed by atoms with van der Waals surface area (Å²) in [6.45, 7) is 10.2. The Balaban J connectivity index is 2.33. The fraction of sp³-hybridized carbons (Fsp3) is 0.529. The van der Waals surface area contributed by atoms with Crippen molar-refractivity contribution in [2.45, 2.75) is 52.0 Å². The fourth-order valence-electron chi connectivity index (χ4n) is 3.41. The van der Waals surface area contributed by atoms with E-state index in [-0.39, 0.29) is 5.54 Å². The van der Waals surface area contributed by atoms with Crippen LogP contribution in [0.3, 0.4) is 0 Å². The van der Waals surface area contributed by atoms with Gasteiger partial charge in [0, 0.05) is 17.8 Å². The Kier molecular flexibility index (Phi) is 4.74. The van der Waals surface area contributed by atoms with Gasteiger partial charge >= 0.3 is 6.03 Å². The second kappa shape index (κ2) is 6.38. The number of amides is 2. The number of hydrogen-bond acceptors (Lipinski definition) is 3. The third-order valence-corrected chi connectivity index (χ3v) is 4.25. The molecule has 2 amide bonds. The first-order valence-corrected chi connectivity index (χ1v) is 7.85. The molecule has 1 unspecified atom stereocenters. The van der Waals surface area contributed by atoms with E-state index in [9.17, 15) is 4.79 Å². The van der Waals surface area contributed by atoms with Crippen LogP contribution in [0.25, 0.3) is 0 Å².